The fraction of sp³-hybridized carbons (Fsp3) is 0.611. The van der Waals surface area contributed by atoms with Crippen molar-refractivity contribution in [3.8, 4) is 0 Å². The highest BCUT2D eigenvalue weighted by molar-refractivity contribution is 14.0. The van der Waals surface area contributed by atoms with Crippen LogP contribution in [0.2, 0.25) is 0 Å². The summed E-state index contributed by atoms with van der Waals surface area (Å²) in [5, 5.41) is 6.53. The van der Waals surface area contributed by atoms with Crippen LogP contribution < -0.4 is 10.6 Å². The third-order valence-corrected chi connectivity index (χ3v) is 4.88. The molecule has 5 nitrogen and oxygen atoms in total. The van der Waals surface area contributed by atoms with Gasteiger partial charge in [0.1, 0.15) is 5.82 Å². The Balaban J connectivity index is 0.00000225. The molecule has 2 saturated heterocycles. The minimum absolute atomic E-state index is 0. The number of halogens is 2. The number of aliphatic imine (C=N–C) groups is 1. The van der Waals surface area contributed by atoms with Gasteiger partial charge in [-0.1, -0.05) is 12.1 Å². The first-order valence-corrected chi connectivity index (χ1v) is 8.71. The first-order chi connectivity index (χ1) is 11.7. The van der Waals surface area contributed by atoms with Crippen LogP contribution in [-0.2, 0) is 11.3 Å². The molecule has 1 aromatic rings. The van der Waals surface area contributed by atoms with Crippen LogP contribution in [0, 0.1) is 12.7 Å². The van der Waals surface area contributed by atoms with E-state index < -0.39 is 0 Å². The maximum Gasteiger partial charge on any atom is 0.191 e. The predicted octanol–water partition coefficient (Wildman–Crippen LogP) is 2.28. The topological polar surface area (TPSA) is 48.9 Å². The van der Waals surface area contributed by atoms with E-state index in [-0.39, 0.29) is 35.9 Å². The van der Waals surface area contributed by atoms with Crippen LogP contribution >= 0.6 is 24.0 Å². The summed E-state index contributed by atoms with van der Waals surface area (Å²) < 4.78 is 19.5. The lowest BCUT2D eigenvalue weighted by Crippen LogP contribution is -2.51. The Morgan fingerprint density at radius 3 is 3.00 bits per heavy atom. The van der Waals surface area contributed by atoms with Gasteiger partial charge in [-0.25, -0.2) is 4.39 Å². The quantitative estimate of drug-likeness (QED) is 0.410. The summed E-state index contributed by atoms with van der Waals surface area (Å²) in [4.78, 5) is 6.75. The molecule has 2 heterocycles. The molecule has 0 spiro atoms. The molecular weight excluding hydrogens is 434 g/mol. The lowest BCUT2D eigenvalue weighted by molar-refractivity contribution is -0.0453. The van der Waals surface area contributed by atoms with E-state index >= 15 is 0 Å². The average molecular weight is 462 g/mol. The van der Waals surface area contributed by atoms with Gasteiger partial charge in [-0.2, -0.15) is 0 Å². The van der Waals surface area contributed by atoms with Crippen LogP contribution in [0.3, 0.4) is 0 Å². The number of nitrogens with zero attached hydrogens (tertiary/aromatic N) is 2. The van der Waals surface area contributed by atoms with Crippen molar-refractivity contribution in [3.63, 3.8) is 0 Å². The molecular formula is C18H28FIN4O. The van der Waals surface area contributed by atoms with Crippen molar-refractivity contribution in [2.24, 2.45) is 4.99 Å². The molecule has 0 saturated carbocycles. The minimum atomic E-state index is -0.173. The smallest absolute Gasteiger partial charge is 0.191 e. The third-order valence-electron chi connectivity index (χ3n) is 4.88. The van der Waals surface area contributed by atoms with Crippen molar-refractivity contribution < 1.29 is 9.13 Å². The van der Waals surface area contributed by atoms with Crippen LogP contribution in [0.25, 0.3) is 0 Å². The maximum absolute atomic E-state index is 13.6. The van der Waals surface area contributed by atoms with Crippen molar-refractivity contribution in [1.82, 2.24) is 15.5 Å². The molecule has 7 heteroatoms. The molecule has 25 heavy (non-hydrogen) atoms. The SMILES string of the molecule is CN=C(NCc1ccc(C)c(F)c1)NCC1CN2CCCC2CO1.I. The number of rotatable bonds is 4. The fourth-order valence-electron chi connectivity index (χ4n) is 3.37. The Morgan fingerprint density at radius 2 is 2.24 bits per heavy atom. The molecule has 2 atom stereocenters. The number of aryl methyl sites for hydroxylation is 1. The summed E-state index contributed by atoms with van der Waals surface area (Å²) in [6.07, 6.45) is 2.73. The van der Waals surface area contributed by atoms with Gasteiger partial charge in [0.25, 0.3) is 0 Å². The molecule has 1 aromatic carbocycles. The Morgan fingerprint density at radius 1 is 1.40 bits per heavy atom. The van der Waals surface area contributed by atoms with Crippen molar-refractivity contribution in [2.45, 2.75) is 38.5 Å². The number of fused-ring (bicyclic) bond motifs is 1. The van der Waals surface area contributed by atoms with Crippen molar-refractivity contribution in [3.05, 3.63) is 35.1 Å². The van der Waals surface area contributed by atoms with Gasteiger partial charge in [-0.15, -0.1) is 24.0 Å². The van der Waals surface area contributed by atoms with Gasteiger partial charge in [0, 0.05) is 32.7 Å². The number of hydrogen-bond acceptors (Lipinski definition) is 3. The first-order valence-electron chi connectivity index (χ1n) is 8.71. The predicted molar refractivity (Wildman–Crippen MR) is 109 cm³/mol. The van der Waals surface area contributed by atoms with Gasteiger partial charge in [0.05, 0.1) is 12.7 Å². The third kappa shape index (κ3) is 5.52. The van der Waals surface area contributed by atoms with E-state index in [1.165, 1.54) is 19.4 Å². The second-order valence-electron chi connectivity index (χ2n) is 6.64. The first kappa shape index (κ1) is 20.4. The van der Waals surface area contributed by atoms with Gasteiger partial charge >= 0.3 is 0 Å². The van der Waals surface area contributed by atoms with Gasteiger partial charge < -0.3 is 15.4 Å². The van der Waals surface area contributed by atoms with Gasteiger partial charge in [-0.05, 0) is 43.5 Å². The van der Waals surface area contributed by atoms with Crippen LogP contribution in [-0.4, -0.2) is 56.3 Å². The number of ether oxygens (including phenoxy) is 1. The molecule has 2 N–H and O–H groups in total. The molecule has 0 radical (unpaired) electrons. The zero-order valence-electron chi connectivity index (χ0n) is 14.9. The van der Waals surface area contributed by atoms with Crippen LogP contribution in [0.1, 0.15) is 24.0 Å². The molecule has 0 aliphatic carbocycles. The standard InChI is InChI=1S/C18H27FN4O.HI/c1-13-5-6-14(8-17(13)19)9-21-18(20-2)22-10-16-11-23-7-3-4-15(23)12-24-16;/h5-6,8,15-16H,3-4,7,9-12H2,1-2H3,(H2,20,21,22);1H. The van der Waals surface area contributed by atoms with E-state index in [9.17, 15) is 4.39 Å². The largest absolute Gasteiger partial charge is 0.373 e. The highest BCUT2D eigenvalue weighted by atomic mass is 127. The molecule has 0 aromatic heterocycles. The molecule has 2 aliphatic rings. The van der Waals surface area contributed by atoms with Crippen molar-refractivity contribution in [1.29, 1.82) is 0 Å². The van der Waals surface area contributed by atoms with Gasteiger partial charge in [-0.3, -0.25) is 9.89 Å². The molecule has 2 unspecified atom stereocenters. The lowest BCUT2D eigenvalue weighted by atomic mass is 10.1. The highest BCUT2D eigenvalue weighted by Gasteiger charge is 2.32. The normalized spacial score (nSPS) is 23.7. The summed E-state index contributed by atoms with van der Waals surface area (Å²) in [5.74, 6) is 0.538. The maximum atomic E-state index is 13.6. The molecule has 0 amide bonds. The molecule has 2 aliphatic heterocycles. The summed E-state index contributed by atoms with van der Waals surface area (Å²) in [7, 11) is 1.74. The van der Waals surface area contributed by atoms with Crippen LogP contribution in [0.5, 0.6) is 0 Å². The van der Waals surface area contributed by atoms with E-state index in [4.69, 9.17) is 4.74 Å². The van der Waals surface area contributed by atoms with Crippen molar-refractivity contribution in [2.75, 3.05) is 33.3 Å². The summed E-state index contributed by atoms with van der Waals surface area (Å²) in [5.41, 5.74) is 1.56. The van der Waals surface area contributed by atoms with E-state index in [2.05, 4.69) is 20.5 Å². The fourth-order valence-corrected chi connectivity index (χ4v) is 3.37. The molecule has 140 valence electrons. The average Bonchev–Trinajstić information content (AvgIpc) is 3.06. The van der Waals surface area contributed by atoms with Crippen LogP contribution in [0.15, 0.2) is 23.2 Å². The molecule has 3 rings (SSSR count). The lowest BCUT2D eigenvalue weighted by Gasteiger charge is -2.35. The zero-order chi connectivity index (χ0) is 16.9. The van der Waals surface area contributed by atoms with E-state index in [0.29, 0.717) is 24.1 Å². The summed E-state index contributed by atoms with van der Waals surface area (Å²) in [6.45, 7) is 6.04. The highest BCUT2D eigenvalue weighted by Crippen LogP contribution is 2.22. The number of morpholine rings is 1. The van der Waals surface area contributed by atoms with Gasteiger partial charge in [0.15, 0.2) is 5.96 Å². The number of guanidine groups is 1. The number of hydrogen-bond donors (Lipinski definition) is 2. The number of nitrogens with one attached hydrogen (secondary N) is 2. The van der Waals surface area contributed by atoms with Crippen LogP contribution in [0.4, 0.5) is 4.39 Å². The van der Waals surface area contributed by atoms with E-state index in [1.54, 1.807) is 26.1 Å². The summed E-state index contributed by atoms with van der Waals surface area (Å²) >= 11 is 0. The monoisotopic (exact) mass is 462 g/mol. The Kier molecular flexibility index (Phi) is 7.89. The van der Waals surface area contributed by atoms with E-state index in [0.717, 1.165) is 25.3 Å². The number of benzene rings is 1. The Bertz CT molecular complexity index is 598. The Labute approximate surface area is 166 Å². The van der Waals surface area contributed by atoms with E-state index in [1.807, 2.05) is 6.07 Å². The second-order valence-corrected chi connectivity index (χ2v) is 6.64. The summed E-state index contributed by atoms with van der Waals surface area (Å²) in [6, 6.07) is 5.91. The molecule has 0 bridgehead atoms. The van der Waals surface area contributed by atoms with Crippen molar-refractivity contribution >= 4 is 29.9 Å². The Hall–Kier alpha value is -0.930. The zero-order valence-corrected chi connectivity index (χ0v) is 17.3. The minimum Gasteiger partial charge on any atom is -0.373 e. The molecule has 2 fully saturated rings. The van der Waals surface area contributed by atoms with Gasteiger partial charge in [0.2, 0.25) is 0 Å². The second kappa shape index (κ2) is 9.68.